The van der Waals surface area contributed by atoms with E-state index in [1.807, 2.05) is 24.3 Å². The Bertz CT molecular complexity index is 893. The molecule has 1 aliphatic heterocycles. The highest BCUT2D eigenvalue weighted by Crippen LogP contribution is 2.24. The SMILES string of the molecule is COc1ccc(-c2cc(NC(=O)c3cc(C4CCCN4)[nH]n3)n[nH]2)cc1. The van der Waals surface area contributed by atoms with E-state index < -0.39 is 0 Å². The second-order valence-corrected chi connectivity index (χ2v) is 6.21. The summed E-state index contributed by atoms with van der Waals surface area (Å²) in [6.07, 6.45) is 2.18. The molecular weight excluding hydrogens is 332 g/mol. The molecule has 4 rings (SSSR count). The summed E-state index contributed by atoms with van der Waals surface area (Å²) in [4.78, 5) is 12.4. The number of rotatable bonds is 5. The molecule has 134 valence electrons. The zero-order chi connectivity index (χ0) is 17.9. The third kappa shape index (κ3) is 3.31. The fraction of sp³-hybridized carbons (Fsp3) is 0.278. The molecule has 1 amide bonds. The maximum atomic E-state index is 12.4. The first-order valence-corrected chi connectivity index (χ1v) is 8.53. The predicted molar refractivity (Wildman–Crippen MR) is 97.1 cm³/mol. The first kappa shape index (κ1) is 16.3. The number of H-pyrrole nitrogens is 2. The molecule has 1 unspecified atom stereocenters. The number of methoxy groups -OCH3 is 1. The van der Waals surface area contributed by atoms with Gasteiger partial charge in [0.2, 0.25) is 0 Å². The molecule has 1 fully saturated rings. The summed E-state index contributed by atoms with van der Waals surface area (Å²) in [6.45, 7) is 0.993. The van der Waals surface area contributed by atoms with Crippen molar-refractivity contribution in [3.8, 4) is 17.0 Å². The molecule has 0 radical (unpaired) electrons. The Hall–Kier alpha value is -3.13. The molecule has 8 heteroatoms. The van der Waals surface area contributed by atoms with E-state index in [2.05, 4.69) is 31.0 Å². The number of aromatic amines is 2. The molecule has 0 aliphatic carbocycles. The van der Waals surface area contributed by atoms with Crippen LogP contribution in [0.4, 0.5) is 5.82 Å². The summed E-state index contributed by atoms with van der Waals surface area (Å²) >= 11 is 0. The van der Waals surface area contributed by atoms with E-state index in [4.69, 9.17) is 4.74 Å². The molecule has 4 N–H and O–H groups in total. The number of hydrogen-bond donors (Lipinski definition) is 4. The van der Waals surface area contributed by atoms with Crippen molar-refractivity contribution >= 4 is 11.7 Å². The highest BCUT2D eigenvalue weighted by molar-refractivity contribution is 6.02. The minimum atomic E-state index is -0.293. The first-order valence-electron chi connectivity index (χ1n) is 8.53. The van der Waals surface area contributed by atoms with Gasteiger partial charge in [0.25, 0.3) is 5.91 Å². The van der Waals surface area contributed by atoms with Gasteiger partial charge in [0.15, 0.2) is 11.5 Å². The molecule has 26 heavy (non-hydrogen) atoms. The number of benzene rings is 1. The quantitative estimate of drug-likeness (QED) is 0.564. The van der Waals surface area contributed by atoms with Crippen LogP contribution >= 0.6 is 0 Å². The molecule has 0 saturated carbocycles. The Kier molecular flexibility index (Phi) is 4.40. The van der Waals surface area contributed by atoms with E-state index >= 15 is 0 Å². The number of carbonyl (C=O) groups is 1. The van der Waals surface area contributed by atoms with Crippen LogP contribution in [0.3, 0.4) is 0 Å². The lowest BCUT2D eigenvalue weighted by Gasteiger charge is -2.05. The zero-order valence-corrected chi connectivity index (χ0v) is 14.4. The third-order valence-electron chi connectivity index (χ3n) is 4.49. The molecule has 1 aliphatic rings. The number of ether oxygens (including phenoxy) is 1. The van der Waals surface area contributed by atoms with Crippen molar-refractivity contribution < 1.29 is 9.53 Å². The van der Waals surface area contributed by atoms with Gasteiger partial charge >= 0.3 is 0 Å². The van der Waals surface area contributed by atoms with Gasteiger partial charge in [0, 0.05) is 12.1 Å². The first-order chi connectivity index (χ1) is 12.7. The second kappa shape index (κ2) is 7.01. The maximum absolute atomic E-state index is 12.4. The van der Waals surface area contributed by atoms with E-state index in [1.54, 1.807) is 19.2 Å². The normalized spacial score (nSPS) is 16.6. The van der Waals surface area contributed by atoms with Crippen LogP contribution in [-0.4, -0.2) is 40.0 Å². The van der Waals surface area contributed by atoms with Crippen molar-refractivity contribution in [2.45, 2.75) is 18.9 Å². The van der Waals surface area contributed by atoms with Gasteiger partial charge in [-0.3, -0.25) is 15.0 Å². The van der Waals surface area contributed by atoms with Gasteiger partial charge in [-0.25, -0.2) is 0 Å². The number of aromatic nitrogens is 4. The zero-order valence-electron chi connectivity index (χ0n) is 14.4. The standard InChI is InChI=1S/C18H20N6O2/c1-26-12-6-4-11(5-7-12)14-10-17(24-21-14)20-18(25)16-9-15(22-23-16)13-3-2-8-19-13/h4-7,9-10,13,19H,2-3,8H2,1H3,(H,22,23)(H2,20,21,24,25). The molecular formula is C18H20N6O2. The molecule has 0 bridgehead atoms. The highest BCUT2D eigenvalue weighted by Gasteiger charge is 2.20. The van der Waals surface area contributed by atoms with E-state index in [0.29, 0.717) is 11.5 Å². The third-order valence-corrected chi connectivity index (χ3v) is 4.49. The van der Waals surface area contributed by atoms with Crippen LogP contribution in [0.2, 0.25) is 0 Å². The summed E-state index contributed by atoms with van der Waals surface area (Å²) in [5, 5.41) is 20.3. The van der Waals surface area contributed by atoms with Crippen molar-refractivity contribution in [1.82, 2.24) is 25.7 Å². The second-order valence-electron chi connectivity index (χ2n) is 6.21. The number of amides is 1. The van der Waals surface area contributed by atoms with Gasteiger partial charge in [-0.1, -0.05) is 0 Å². The molecule has 3 aromatic rings. The lowest BCUT2D eigenvalue weighted by Crippen LogP contribution is -2.13. The Morgan fingerprint density at radius 1 is 1.19 bits per heavy atom. The number of nitrogens with one attached hydrogen (secondary N) is 4. The highest BCUT2D eigenvalue weighted by atomic mass is 16.5. The average Bonchev–Trinajstić information content (AvgIpc) is 3.41. The van der Waals surface area contributed by atoms with Crippen molar-refractivity contribution in [2.24, 2.45) is 0 Å². The van der Waals surface area contributed by atoms with Gasteiger partial charge in [0.1, 0.15) is 5.75 Å². The van der Waals surface area contributed by atoms with Crippen LogP contribution in [0.1, 0.15) is 35.1 Å². The summed E-state index contributed by atoms with van der Waals surface area (Å²) < 4.78 is 5.15. The topological polar surface area (TPSA) is 108 Å². The lowest BCUT2D eigenvalue weighted by atomic mass is 10.1. The summed E-state index contributed by atoms with van der Waals surface area (Å²) in [7, 11) is 1.63. The number of carbonyl (C=O) groups excluding carboxylic acids is 1. The van der Waals surface area contributed by atoms with Crippen molar-refractivity contribution in [3.05, 3.63) is 47.8 Å². The molecule has 2 aromatic heterocycles. The number of hydrogen-bond acceptors (Lipinski definition) is 5. The molecule has 1 atom stereocenters. The van der Waals surface area contributed by atoms with Crippen LogP contribution in [0.25, 0.3) is 11.3 Å². The monoisotopic (exact) mass is 352 g/mol. The summed E-state index contributed by atoms with van der Waals surface area (Å²) in [5.74, 6) is 0.940. The summed E-state index contributed by atoms with van der Waals surface area (Å²) in [5.41, 5.74) is 3.05. The van der Waals surface area contributed by atoms with Gasteiger partial charge in [-0.2, -0.15) is 10.2 Å². The Morgan fingerprint density at radius 3 is 2.77 bits per heavy atom. The molecule has 8 nitrogen and oxygen atoms in total. The molecule has 1 saturated heterocycles. The van der Waals surface area contributed by atoms with E-state index in [1.165, 1.54) is 0 Å². The molecule has 0 spiro atoms. The Morgan fingerprint density at radius 2 is 2.04 bits per heavy atom. The smallest absolute Gasteiger partial charge is 0.277 e. The van der Waals surface area contributed by atoms with E-state index in [0.717, 1.165) is 42.1 Å². The average molecular weight is 352 g/mol. The van der Waals surface area contributed by atoms with Crippen LogP contribution in [0, 0.1) is 0 Å². The predicted octanol–water partition coefficient (Wildman–Crippen LogP) is 2.49. The number of anilines is 1. The van der Waals surface area contributed by atoms with Gasteiger partial charge in [-0.15, -0.1) is 0 Å². The van der Waals surface area contributed by atoms with Crippen LogP contribution in [-0.2, 0) is 0 Å². The van der Waals surface area contributed by atoms with E-state index in [-0.39, 0.29) is 11.9 Å². The van der Waals surface area contributed by atoms with Crippen molar-refractivity contribution in [3.63, 3.8) is 0 Å². The van der Waals surface area contributed by atoms with E-state index in [9.17, 15) is 4.79 Å². The van der Waals surface area contributed by atoms with Crippen molar-refractivity contribution in [2.75, 3.05) is 19.0 Å². The van der Waals surface area contributed by atoms with Crippen molar-refractivity contribution in [1.29, 1.82) is 0 Å². The fourth-order valence-electron chi connectivity index (χ4n) is 3.07. The lowest BCUT2D eigenvalue weighted by molar-refractivity contribution is 0.102. The molecule has 3 heterocycles. The fourth-order valence-corrected chi connectivity index (χ4v) is 3.07. The Balaban J connectivity index is 1.44. The van der Waals surface area contributed by atoms with Crippen LogP contribution in [0.15, 0.2) is 36.4 Å². The van der Waals surface area contributed by atoms with Gasteiger partial charge in [0.05, 0.1) is 18.5 Å². The van der Waals surface area contributed by atoms with Gasteiger partial charge in [-0.05, 0) is 55.3 Å². The van der Waals surface area contributed by atoms with Crippen LogP contribution in [0.5, 0.6) is 5.75 Å². The largest absolute Gasteiger partial charge is 0.497 e. The maximum Gasteiger partial charge on any atom is 0.277 e. The minimum Gasteiger partial charge on any atom is -0.497 e. The Labute approximate surface area is 150 Å². The van der Waals surface area contributed by atoms with Crippen LogP contribution < -0.4 is 15.4 Å². The number of nitrogens with zero attached hydrogens (tertiary/aromatic N) is 2. The minimum absolute atomic E-state index is 0.246. The molecule has 1 aromatic carbocycles. The van der Waals surface area contributed by atoms with Gasteiger partial charge < -0.3 is 15.4 Å². The summed E-state index contributed by atoms with van der Waals surface area (Å²) in [6, 6.07) is 11.4.